The lowest BCUT2D eigenvalue weighted by molar-refractivity contribution is 0.684. The van der Waals surface area contributed by atoms with Crippen LogP contribution in [0.4, 0.5) is 0 Å². The Labute approximate surface area is 107 Å². The molecular weight excluding hydrogens is 232 g/mol. The van der Waals surface area contributed by atoms with E-state index in [9.17, 15) is 0 Å². The van der Waals surface area contributed by atoms with Crippen molar-refractivity contribution in [2.75, 3.05) is 7.05 Å². The van der Waals surface area contributed by atoms with Crippen LogP contribution in [-0.2, 0) is 0 Å². The smallest absolute Gasteiger partial charge is 0.0606 e. The van der Waals surface area contributed by atoms with Gasteiger partial charge in [-0.15, -0.1) is 0 Å². The average Bonchev–Trinajstić information content (AvgIpc) is 2.34. The summed E-state index contributed by atoms with van der Waals surface area (Å²) in [7, 11) is 1.93. The topological polar surface area (TPSA) is 24.9 Å². The number of halogens is 1. The molecule has 1 unspecified atom stereocenters. The third kappa shape index (κ3) is 2.48. The van der Waals surface area contributed by atoms with Crippen LogP contribution < -0.4 is 5.32 Å². The van der Waals surface area contributed by atoms with Crippen LogP contribution in [0.15, 0.2) is 42.7 Å². The summed E-state index contributed by atoms with van der Waals surface area (Å²) in [5, 5.41) is 4.07. The van der Waals surface area contributed by atoms with Crippen molar-refractivity contribution < 1.29 is 0 Å². The van der Waals surface area contributed by atoms with Crippen LogP contribution in [0.1, 0.15) is 22.7 Å². The number of rotatable bonds is 3. The molecule has 17 heavy (non-hydrogen) atoms. The van der Waals surface area contributed by atoms with E-state index in [-0.39, 0.29) is 6.04 Å². The van der Waals surface area contributed by atoms with E-state index in [0.29, 0.717) is 0 Å². The molecule has 0 fully saturated rings. The highest BCUT2D eigenvalue weighted by molar-refractivity contribution is 6.31. The fraction of sp³-hybridized carbons (Fsp3) is 0.214. The van der Waals surface area contributed by atoms with Gasteiger partial charge in [-0.2, -0.15) is 0 Å². The first-order chi connectivity index (χ1) is 8.24. The summed E-state index contributed by atoms with van der Waals surface area (Å²) >= 11 is 6.24. The van der Waals surface area contributed by atoms with Gasteiger partial charge in [0.25, 0.3) is 0 Å². The predicted octanol–water partition coefficient (Wildman–Crippen LogP) is 3.35. The number of aryl methyl sites for hydroxylation is 1. The monoisotopic (exact) mass is 246 g/mol. The zero-order chi connectivity index (χ0) is 12.3. The predicted molar refractivity (Wildman–Crippen MR) is 71.3 cm³/mol. The van der Waals surface area contributed by atoms with Gasteiger partial charge in [0.05, 0.1) is 6.04 Å². The molecule has 3 heteroatoms. The van der Waals surface area contributed by atoms with Crippen LogP contribution >= 0.6 is 11.6 Å². The molecule has 0 aliphatic heterocycles. The van der Waals surface area contributed by atoms with Gasteiger partial charge in [0.2, 0.25) is 0 Å². The second-order valence-corrected chi connectivity index (χ2v) is 4.38. The molecule has 1 aromatic carbocycles. The lowest BCUT2D eigenvalue weighted by atomic mass is 9.97. The van der Waals surface area contributed by atoms with Gasteiger partial charge in [-0.05, 0) is 42.8 Å². The maximum atomic E-state index is 6.24. The van der Waals surface area contributed by atoms with Crippen molar-refractivity contribution >= 4 is 11.6 Å². The van der Waals surface area contributed by atoms with E-state index in [1.54, 1.807) is 6.20 Å². The van der Waals surface area contributed by atoms with Crippen molar-refractivity contribution in [3.05, 3.63) is 64.4 Å². The number of hydrogen-bond acceptors (Lipinski definition) is 2. The van der Waals surface area contributed by atoms with Crippen molar-refractivity contribution in [3.63, 3.8) is 0 Å². The molecule has 0 bridgehead atoms. The molecule has 2 rings (SSSR count). The molecule has 0 saturated heterocycles. The van der Waals surface area contributed by atoms with Crippen molar-refractivity contribution in [2.45, 2.75) is 13.0 Å². The van der Waals surface area contributed by atoms with Gasteiger partial charge in [-0.25, -0.2) is 0 Å². The van der Waals surface area contributed by atoms with Gasteiger partial charge in [0, 0.05) is 17.4 Å². The Morgan fingerprint density at radius 3 is 2.59 bits per heavy atom. The third-order valence-electron chi connectivity index (χ3n) is 2.90. The fourth-order valence-electron chi connectivity index (χ4n) is 1.97. The van der Waals surface area contributed by atoms with Gasteiger partial charge in [0.1, 0.15) is 0 Å². The lowest BCUT2D eigenvalue weighted by Gasteiger charge is -2.19. The molecule has 0 amide bonds. The summed E-state index contributed by atoms with van der Waals surface area (Å²) in [6.45, 7) is 2.08. The first-order valence-corrected chi connectivity index (χ1v) is 5.94. The summed E-state index contributed by atoms with van der Waals surface area (Å²) in [5.74, 6) is 0. The molecule has 2 aromatic rings. The standard InChI is InChI=1S/C14H15ClN2/c1-10-7-8-17-9-12(10)14(16-2)11-5-3-4-6-13(11)15/h3-9,14,16H,1-2H3. The number of aromatic nitrogens is 1. The molecule has 1 heterocycles. The largest absolute Gasteiger partial charge is 0.309 e. The lowest BCUT2D eigenvalue weighted by Crippen LogP contribution is -2.19. The van der Waals surface area contributed by atoms with Gasteiger partial charge in [0.15, 0.2) is 0 Å². The molecule has 0 aliphatic carbocycles. The van der Waals surface area contributed by atoms with Crippen LogP contribution in [-0.4, -0.2) is 12.0 Å². The Morgan fingerprint density at radius 2 is 1.94 bits per heavy atom. The van der Waals surface area contributed by atoms with Crippen molar-refractivity contribution in [1.29, 1.82) is 0 Å². The minimum atomic E-state index is 0.0809. The SMILES string of the molecule is CNC(c1cnccc1C)c1ccccc1Cl. The molecule has 0 saturated carbocycles. The van der Waals surface area contributed by atoms with Gasteiger partial charge < -0.3 is 5.32 Å². The number of benzene rings is 1. The van der Waals surface area contributed by atoms with E-state index in [0.717, 1.165) is 16.1 Å². The molecule has 0 aliphatic rings. The molecular formula is C14H15ClN2. The Balaban J connectivity index is 2.48. The molecule has 0 spiro atoms. The molecule has 2 nitrogen and oxygen atoms in total. The number of pyridine rings is 1. The van der Waals surface area contributed by atoms with Gasteiger partial charge >= 0.3 is 0 Å². The summed E-state index contributed by atoms with van der Waals surface area (Å²) in [6, 6.07) is 9.98. The summed E-state index contributed by atoms with van der Waals surface area (Å²) in [4.78, 5) is 4.19. The first-order valence-electron chi connectivity index (χ1n) is 5.56. The van der Waals surface area contributed by atoms with Crippen LogP contribution in [0.2, 0.25) is 5.02 Å². The number of hydrogen-bond donors (Lipinski definition) is 1. The zero-order valence-corrected chi connectivity index (χ0v) is 10.7. The summed E-state index contributed by atoms with van der Waals surface area (Å²) in [6.07, 6.45) is 3.69. The molecule has 1 N–H and O–H groups in total. The second-order valence-electron chi connectivity index (χ2n) is 3.98. The minimum Gasteiger partial charge on any atom is -0.309 e. The molecule has 0 radical (unpaired) electrons. The van der Waals surface area contributed by atoms with Crippen LogP contribution in [0.5, 0.6) is 0 Å². The third-order valence-corrected chi connectivity index (χ3v) is 3.24. The minimum absolute atomic E-state index is 0.0809. The van der Waals surface area contributed by atoms with Crippen molar-refractivity contribution in [1.82, 2.24) is 10.3 Å². The van der Waals surface area contributed by atoms with E-state index in [4.69, 9.17) is 11.6 Å². The highest BCUT2D eigenvalue weighted by atomic mass is 35.5. The van der Waals surface area contributed by atoms with Gasteiger partial charge in [-0.1, -0.05) is 29.8 Å². The van der Waals surface area contributed by atoms with Crippen LogP contribution in [0.3, 0.4) is 0 Å². The number of nitrogens with one attached hydrogen (secondary N) is 1. The van der Waals surface area contributed by atoms with Crippen LogP contribution in [0.25, 0.3) is 0 Å². The normalized spacial score (nSPS) is 12.4. The Kier molecular flexibility index (Phi) is 3.77. The average molecular weight is 247 g/mol. The van der Waals surface area contributed by atoms with E-state index in [1.165, 1.54) is 5.56 Å². The first kappa shape index (κ1) is 12.1. The Bertz CT molecular complexity index is 466. The Morgan fingerprint density at radius 1 is 1.18 bits per heavy atom. The second kappa shape index (κ2) is 5.30. The molecule has 1 atom stereocenters. The summed E-state index contributed by atoms with van der Waals surface area (Å²) in [5.41, 5.74) is 3.44. The maximum absolute atomic E-state index is 6.24. The zero-order valence-electron chi connectivity index (χ0n) is 9.94. The molecule has 88 valence electrons. The summed E-state index contributed by atoms with van der Waals surface area (Å²) < 4.78 is 0. The van der Waals surface area contributed by atoms with E-state index in [2.05, 4.69) is 17.2 Å². The maximum Gasteiger partial charge on any atom is 0.0606 e. The molecule has 1 aromatic heterocycles. The van der Waals surface area contributed by atoms with Crippen LogP contribution in [0, 0.1) is 6.92 Å². The van der Waals surface area contributed by atoms with Crippen molar-refractivity contribution in [3.8, 4) is 0 Å². The highest BCUT2D eigenvalue weighted by Gasteiger charge is 2.16. The van der Waals surface area contributed by atoms with E-state index >= 15 is 0 Å². The quantitative estimate of drug-likeness (QED) is 0.899. The Hall–Kier alpha value is -1.38. The number of nitrogens with zero attached hydrogens (tertiary/aromatic N) is 1. The van der Waals surface area contributed by atoms with Gasteiger partial charge in [-0.3, -0.25) is 4.98 Å². The van der Waals surface area contributed by atoms with E-state index < -0.39 is 0 Å². The van der Waals surface area contributed by atoms with E-state index in [1.807, 2.05) is 43.6 Å². The highest BCUT2D eigenvalue weighted by Crippen LogP contribution is 2.28. The van der Waals surface area contributed by atoms with Crippen molar-refractivity contribution in [2.24, 2.45) is 0 Å². The fourth-order valence-corrected chi connectivity index (χ4v) is 2.21.